The number of nitrogens with one attached hydrogen (secondary N) is 1. The summed E-state index contributed by atoms with van der Waals surface area (Å²) in [7, 11) is 0. The number of ether oxygens (including phenoxy) is 1. The van der Waals surface area contributed by atoms with Gasteiger partial charge in [-0.1, -0.05) is 18.2 Å². The molecule has 32 heavy (non-hydrogen) atoms. The summed E-state index contributed by atoms with van der Waals surface area (Å²) in [6.45, 7) is 4.08. The molecule has 4 aromatic rings. The molecule has 7 nitrogen and oxygen atoms in total. The van der Waals surface area contributed by atoms with E-state index in [4.69, 9.17) is 9.84 Å². The van der Waals surface area contributed by atoms with Gasteiger partial charge >= 0.3 is 0 Å². The molecular formula is C25H27N5O2. The highest BCUT2D eigenvalue weighted by molar-refractivity contribution is 5.64. The summed E-state index contributed by atoms with van der Waals surface area (Å²) in [5, 5.41) is 17.6. The third-order valence-corrected chi connectivity index (χ3v) is 5.77. The molecule has 5 rings (SSSR count). The molecular weight excluding hydrogens is 402 g/mol. The summed E-state index contributed by atoms with van der Waals surface area (Å²) >= 11 is 0. The number of aromatic nitrogens is 3. The van der Waals surface area contributed by atoms with Gasteiger partial charge in [0.05, 0.1) is 18.5 Å². The van der Waals surface area contributed by atoms with Crippen molar-refractivity contribution in [2.75, 3.05) is 31.6 Å². The Balaban J connectivity index is 1.28. The van der Waals surface area contributed by atoms with Crippen molar-refractivity contribution in [3.8, 4) is 17.0 Å². The first kappa shape index (κ1) is 20.5. The Labute approximate surface area is 187 Å². The third-order valence-electron chi connectivity index (χ3n) is 5.77. The second-order valence-corrected chi connectivity index (χ2v) is 8.04. The fourth-order valence-corrected chi connectivity index (χ4v) is 4.02. The molecule has 7 heteroatoms. The zero-order valence-corrected chi connectivity index (χ0v) is 17.9. The van der Waals surface area contributed by atoms with Crippen molar-refractivity contribution >= 4 is 17.2 Å². The Morgan fingerprint density at radius 1 is 1.00 bits per heavy atom. The van der Waals surface area contributed by atoms with Crippen LogP contribution in [0, 0.1) is 0 Å². The molecule has 0 unspecified atom stereocenters. The van der Waals surface area contributed by atoms with Crippen molar-refractivity contribution in [1.29, 1.82) is 0 Å². The maximum absolute atomic E-state index is 9.42. The monoisotopic (exact) mass is 429 g/mol. The van der Waals surface area contributed by atoms with Gasteiger partial charge in [-0.05, 0) is 74.0 Å². The van der Waals surface area contributed by atoms with Crippen molar-refractivity contribution in [1.82, 2.24) is 19.5 Å². The Hall–Kier alpha value is -3.42. The summed E-state index contributed by atoms with van der Waals surface area (Å²) in [5.41, 5.74) is 4.32. The number of fused-ring (bicyclic) bond motifs is 1. The maximum atomic E-state index is 9.42. The van der Waals surface area contributed by atoms with Gasteiger partial charge in [0.2, 0.25) is 0 Å². The number of rotatable bonds is 8. The van der Waals surface area contributed by atoms with E-state index in [1.54, 1.807) is 10.7 Å². The highest BCUT2D eigenvalue weighted by Crippen LogP contribution is 2.23. The Kier molecular flexibility index (Phi) is 6.00. The number of imidazole rings is 1. The summed E-state index contributed by atoms with van der Waals surface area (Å²) in [5.74, 6) is 1.65. The molecule has 1 fully saturated rings. The standard InChI is InChI=1S/C25H27N5O2/c31-18-19-4-3-5-20(16-19)23-10-11-24-26-17-25(30(24)28-23)27-21-6-8-22(9-7-21)32-15-14-29-12-1-2-13-29/h3-11,16-17,27,31H,1-2,12-15,18H2. The van der Waals surface area contributed by atoms with E-state index in [0.717, 1.165) is 46.3 Å². The molecule has 0 saturated carbocycles. The van der Waals surface area contributed by atoms with Gasteiger partial charge in [-0.2, -0.15) is 9.61 Å². The van der Waals surface area contributed by atoms with Gasteiger partial charge in [-0.15, -0.1) is 0 Å². The van der Waals surface area contributed by atoms with Crippen molar-refractivity contribution in [3.05, 3.63) is 72.4 Å². The van der Waals surface area contributed by atoms with E-state index in [1.165, 1.54) is 25.9 Å². The molecule has 2 aromatic heterocycles. The topological polar surface area (TPSA) is 74.9 Å². The fourth-order valence-electron chi connectivity index (χ4n) is 4.02. The smallest absolute Gasteiger partial charge is 0.155 e. The summed E-state index contributed by atoms with van der Waals surface area (Å²) in [6, 6.07) is 19.6. The fraction of sp³-hybridized carbons (Fsp3) is 0.280. The molecule has 2 aromatic carbocycles. The van der Waals surface area contributed by atoms with Crippen molar-refractivity contribution in [2.45, 2.75) is 19.4 Å². The number of hydrogen-bond donors (Lipinski definition) is 2. The van der Waals surface area contributed by atoms with E-state index in [9.17, 15) is 5.11 Å². The second kappa shape index (κ2) is 9.38. The van der Waals surface area contributed by atoms with Crippen LogP contribution >= 0.6 is 0 Å². The van der Waals surface area contributed by atoms with Crippen molar-refractivity contribution < 1.29 is 9.84 Å². The molecule has 164 valence electrons. The van der Waals surface area contributed by atoms with Gasteiger partial charge in [0.1, 0.15) is 12.4 Å². The number of nitrogens with zero attached hydrogens (tertiary/aromatic N) is 4. The van der Waals surface area contributed by atoms with E-state index in [0.29, 0.717) is 6.61 Å². The van der Waals surface area contributed by atoms with Gasteiger partial charge in [0.15, 0.2) is 11.5 Å². The molecule has 1 saturated heterocycles. The van der Waals surface area contributed by atoms with Crippen LogP contribution in [0.4, 0.5) is 11.5 Å². The second-order valence-electron chi connectivity index (χ2n) is 8.04. The molecule has 0 spiro atoms. The maximum Gasteiger partial charge on any atom is 0.155 e. The van der Waals surface area contributed by atoms with Crippen LogP contribution in [0.1, 0.15) is 18.4 Å². The van der Waals surface area contributed by atoms with Gasteiger partial charge in [-0.3, -0.25) is 4.90 Å². The molecule has 0 amide bonds. The van der Waals surface area contributed by atoms with Crippen LogP contribution in [-0.4, -0.2) is 50.8 Å². The van der Waals surface area contributed by atoms with Gasteiger partial charge in [0.25, 0.3) is 0 Å². The lowest BCUT2D eigenvalue weighted by molar-refractivity contribution is 0.238. The lowest BCUT2D eigenvalue weighted by Crippen LogP contribution is -2.25. The van der Waals surface area contributed by atoms with Gasteiger partial charge in [-0.25, -0.2) is 4.98 Å². The van der Waals surface area contributed by atoms with E-state index in [2.05, 4.69) is 15.2 Å². The Morgan fingerprint density at radius 2 is 1.84 bits per heavy atom. The van der Waals surface area contributed by atoms with Crippen LogP contribution < -0.4 is 10.1 Å². The minimum atomic E-state index is 0.00588. The van der Waals surface area contributed by atoms with E-state index < -0.39 is 0 Å². The zero-order chi connectivity index (χ0) is 21.8. The van der Waals surface area contributed by atoms with Crippen LogP contribution in [0.15, 0.2) is 66.9 Å². The van der Waals surface area contributed by atoms with Crippen LogP contribution in [0.25, 0.3) is 16.9 Å². The van der Waals surface area contributed by atoms with E-state index >= 15 is 0 Å². The molecule has 0 atom stereocenters. The largest absolute Gasteiger partial charge is 0.492 e. The number of aliphatic hydroxyl groups is 1. The zero-order valence-electron chi connectivity index (χ0n) is 17.9. The van der Waals surface area contributed by atoms with E-state index in [1.807, 2.05) is 60.7 Å². The van der Waals surface area contributed by atoms with Gasteiger partial charge in [0, 0.05) is 17.8 Å². The summed E-state index contributed by atoms with van der Waals surface area (Å²) in [6.07, 6.45) is 4.38. The quantitative estimate of drug-likeness (QED) is 0.439. The number of anilines is 2. The SMILES string of the molecule is OCc1cccc(-c2ccc3ncc(Nc4ccc(OCCN5CCCC5)cc4)n3n2)c1. The molecule has 1 aliphatic heterocycles. The highest BCUT2D eigenvalue weighted by atomic mass is 16.5. The Morgan fingerprint density at radius 3 is 2.66 bits per heavy atom. The first-order valence-electron chi connectivity index (χ1n) is 11.1. The van der Waals surface area contributed by atoms with E-state index in [-0.39, 0.29) is 6.61 Å². The minimum Gasteiger partial charge on any atom is -0.492 e. The lowest BCUT2D eigenvalue weighted by Gasteiger charge is -2.15. The normalized spacial score (nSPS) is 14.2. The predicted molar refractivity (Wildman–Crippen MR) is 125 cm³/mol. The van der Waals surface area contributed by atoms with Gasteiger partial charge < -0.3 is 15.2 Å². The van der Waals surface area contributed by atoms with Crippen LogP contribution in [0.5, 0.6) is 5.75 Å². The molecule has 0 bridgehead atoms. The summed E-state index contributed by atoms with van der Waals surface area (Å²) < 4.78 is 7.69. The molecule has 3 heterocycles. The lowest BCUT2D eigenvalue weighted by atomic mass is 10.1. The first-order chi connectivity index (χ1) is 15.8. The van der Waals surface area contributed by atoms with Crippen LogP contribution in [0.3, 0.4) is 0 Å². The third kappa shape index (κ3) is 4.59. The summed E-state index contributed by atoms with van der Waals surface area (Å²) in [4.78, 5) is 6.89. The first-order valence-corrected chi connectivity index (χ1v) is 11.1. The highest BCUT2D eigenvalue weighted by Gasteiger charge is 2.11. The minimum absolute atomic E-state index is 0.00588. The van der Waals surface area contributed by atoms with Crippen LogP contribution in [-0.2, 0) is 6.61 Å². The van der Waals surface area contributed by atoms with Crippen molar-refractivity contribution in [3.63, 3.8) is 0 Å². The predicted octanol–water partition coefficient (Wildman–Crippen LogP) is 4.11. The number of benzene rings is 2. The number of hydrogen-bond acceptors (Lipinski definition) is 6. The number of likely N-dealkylation sites (tertiary alicyclic amines) is 1. The molecule has 0 aliphatic carbocycles. The molecule has 2 N–H and O–H groups in total. The average molecular weight is 430 g/mol. The van der Waals surface area contributed by atoms with Crippen molar-refractivity contribution in [2.24, 2.45) is 0 Å². The average Bonchev–Trinajstić information content (AvgIpc) is 3.50. The number of aliphatic hydroxyl groups excluding tert-OH is 1. The molecule has 0 radical (unpaired) electrons. The molecule has 1 aliphatic rings. The van der Waals surface area contributed by atoms with Crippen LogP contribution in [0.2, 0.25) is 0 Å². The Bertz CT molecular complexity index is 1180.